The summed E-state index contributed by atoms with van der Waals surface area (Å²) in [6, 6.07) is 11.4. The molecular formula is C17H28Cl2N2O. The van der Waals surface area contributed by atoms with Crippen molar-refractivity contribution in [2.24, 2.45) is 5.92 Å². The second kappa shape index (κ2) is 10.5. The molecule has 0 radical (unpaired) electrons. The molecule has 126 valence electrons. The van der Waals surface area contributed by atoms with Gasteiger partial charge in [0.15, 0.2) is 0 Å². The topological polar surface area (TPSA) is 24.5 Å². The van der Waals surface area contributed by atoms with Gasteiger partial charge >= 0.3 is 0 Å². The molecule has 0 bridgehead atoms. The van der Waals surface area contributed by atoms with Crippen LogP contribution in [0.3, 0.4) is 0 Å². The number of halogens is 2. The zero-order valence-electron chi connectivity index (χ0n) is 13.1. The zero-order chi connectivity index (χ0) is 13.6. The van der Waals surface area contributed by atoms with E-state index in [0.29, 0.717) is 6.04 Å². The van der Waals surface area contributed by atoms with Crippen LogP contribution in [0.25, 0.3) is 0 Å². The van der Waals surface area contributed by atoms with Gasteiger partial charge in [0.05, 0.1) is 0 Å². The largest absolute Gasteiger partial charge is 0.381 e. The Balaban J connectivity index is 0.00000121. The first kappa shape index (κ1) is 19.7. The lowest BCUT2D eigenvalue weighted by Crippen LogP contribution is -2.50. The normalized spacial score (nSPS) is 21.7. The van der Waals surface area contributed by atoms with Crippen LogP contribution in [0.1, 0.15) is 24.8 Å². The predicted octanol–water partition coefficient (Wildman–Crippen LogP) is 3.12. The highest BCUT2D eigenvalue weighted by Crippen LogP contribution is 2.28. The molecule has 1 heterocycles. The average molecular weight is 347 g/mol. The van der Waals surface area contributed by atoms with E-state index in [4.69, 9.17) is 4.74 Å². The fourth-order valence-electron chi connectivity index (χ4n) is 2.83. The number of ether oxygens (including phenoxy) is 1. The van der Waals surface area contributed by atoms with Crippen LogP contribution < -0.4 is 5.32 Å². The van der Waals surface area contributed by atoms with Gasteiger partial charge in [0, 0.05) is 45.4 Å². The molecule has 1 saturated carbocycles. The number of nitrogens with one attached hydrogen (secondary N) is 1. The van der Waals surface area contributed by atoms with E-state index in [9.17, 15) is 0 Å². The van der Waals surface area contributed by atoms with Gasteiger partial charge < -0.3 is 10.1 Å². The van der Waals surface area contributed by atoms with E-state index < -0.39 is 0 Å². The molecule has 1 atom stereocenters. The van der Waals surface area contributed by atoms with Gasteiger partial charge in [0.25, 0.3) is 0 Å². The van der Waals surface area contributed by atoms with Crippen LogP contribution in [0.15, 0.2) is 30.3 Å². The summed E-state index contributed by atoms with van der Waals surface area (Å²) in [5.74, 6) is 0.879. The Morgan fingerprint density at radius 3 is 2.64 bits per heavy atom. The van der Waals surface area contributed by atoms with Gasteiger partial charge in [0.2, 0.25) is 0 Å². The molecule has 1 aliphatic heterocycles. The van der Waals surface area contributed by atoms with Crippen LogP contribution in [-0.4, -0.2) is 43.8 Å². The van der Waals surface area contributed by atoms with Crippen LogP contribution in [-0.2, 0) is 11.3 Å². The quantitative estimate of drug-likeness (QED) is 0.767. The highest BCUT2D eigenvalue weighted by Gasteiger charge is 2.22. The van der Waals surface area contributed by atoms with Crippen molar-refractivity contribution in [2.75, 3.05) is 32.8 Å². The summed E-state index contributed by atoms with van der Waals surface area (Å²) in [7, 11) is 0. The Kier molecular flexibility index (Phi) is 9.37. The SMILES string of the molecule is Cl.Cl.c1ccc(CN2CCN[C@H](CCOCC3CC3)C2)cc1. The molecule has 3 nitrogen and oxygen atoms in total. The molecule has 0 spiro atoms. The molecule has 1 aliphatic carbocycles. The summed E-state index contributed by atoms with van der Waals surface area (Å²) in [6.07, 6.45) is 3.90. The van der Waals surface area contributed by atoms with Crippen molar-refractivity contribution < 1.29 is 4.74 Å². The third-order valence-electron chi connectivity index (χ3n) is 4.25. The number of hydrogen-bond donors (Lipinski definition) is 1. The van der Waals surface area contributed by atoms with Crippen molar-refractivity contribution in [1.29, 1.82) is 0 Å². The Morgan fingerprint density at radius 2 is 1.91 bits per heavy atom. The highest BCUT2D eigenvalue weighted by molar-refractivity contribution is 5.85. The van der Waals surface area contributed by atoms with E-state index in [0.717, 1.165) is 51.7 Å². The van der Waals surface area contributed by atoms with E-state index in [1.165, 1.54) is 18.4 Å². The average Bonchev–Trinajstić information content (AvgIpc) is 3.29. The molecule has 0 aromatic heterocycles. The molecule has 2 fully saturated rings. The minimum atomic E-state index is 0. The molecule has 1 aromatic rings. The van der Waals surface area contributed by atoms with E-state index in [1.54, 1.807) is 0 Å². The number of benzene rings is 1. The smallest absolute Gasteiger partial charge is 0.0494 e. The molecular weight excluding hydrogens is 319 g/mol. The van der Waals surface area contributed by atoms with Crippen molar-refractivity contribution in [3.8, 4) is 0 Å². The van der Waals surface area contributed by atoms with Crippen LogP contribution in [0.5, 0.6) is 0 Å². The molecule has 0 amide bonds. The molecule has 1 saturated heterocycles. The van der Waals surface area contributed by atoms with Gasteiger partial charge in [-0.3, -0.25) is 4.90 Å². The van der Waals surface area contributed by atoms with Gasteiger partial charge in [-0.05, 0) is 30.7 Å². The van der Waals surface area contributed by atoms with Crippen molar-refractivity contribution in [3.05, 3.63) is 35.9 Å². The summed E-state index contributed by atoms with van der Waals surface area (Å²) in [5.41, 5.74) is 1.41. The van der Waals surface area contributed by atoms with E-state index in [-0.39, 0.29) is 24.8 Å². The van der Waals surface area contributed by atoms with Crippen molar-refractivity contribution in [3.63, 3.8) is 0 Å². The van der Waals surface area contributed by atoms with Crippen LogP contribution in [0, 0.1) is 5.92 Å². The zero-order valence-corrected chi connectivity index (χ0v) is 14.7. The monoisotopic (exact) mass is 346 g/mol. The van der Waals surface area contributed by atoms with Gasteiger partial charge in [-0.1, -0.05) is 30.3 Å². The van der Waals surface area contributed by atoms with Crippen molar-refractivity contribution in [2.45, 2.75) is 31.8 Å². The predicted molar refractivity (Wildman–Crippen MR) is 96.2 cm³/mol. The fraction of sp³-hybridized carbons (Fsp3) is 0.647. The third-order valence-corrected chi connectivity index (χ3v) is 4.25. The molecule has 1 aromatic carbocycles. The van der Waals surface area contributed by atoms with Crippen LogP contribution in [0.2, 0.25) is 0 Å². The van der Waals surface area contributed by atoms with Gasteiger partial charge in [-0.25, -0.2) is 0 Å². The number of piperazine rings is 1. The van der Waals surface area contributed by atoms with Gasteiger partial charge in [-0.15, -0.1) is 24.8 Å². The molecule has 2 aliphatic rings. The second-order valence-corrected chi connectivity index (χ2v) is 6.18. The summed E-state index contributed by atoms with van der Waals surface area (Å²) in [5, 5.41) is 3.62. The highest BCUT2D eigenvalue weighted by atomic mass is 35.5. The lowest BCUT2D eigenvalue weighted by atomic mass is 10.1. The van der Waals surface area contributed by atoms with Crippen LogP contribution in [0.4, 0.5) is 0 Å². The fourth-order valence-corrected chi connectivity index (χ4v) is 2.83. The minimum Gasteiger partial charge on any atom is -0.381 e. The standard InChI is InChI=1S/C17H26N2O.2ClH/c1-2-4-15(5-3-1)12-19-10-9-18-17(13-19)8-11-20-14-16-6-7-16;;/h1-5,16-18H,6-14H2;2*1H/t17-;;/m1../s1. The minimum absolute atomic E-state index is 0. The molecule has 5 heteroatoms. The Hall–Kier alpha value is -0.320. The third kappa shape index (κ3) is 6.84. The number of hydrogen-bond acceptors (Lipinski definition) is 3. The molecule has 0 unspecified atom stereocenters. The molecule has 1 N–H and O–H groups in total. The molecule has 3 rings (SSSR count). The second-order valence-electron chi connectivity index (χ2n) is 6.18. The summed E-state index contributed by atoms with van der Waals surface area (Å²) >= 11 is 0. The molecule has 22 heavy (non-hydrogen) atoms. The first-order valence-electron chi connectivity index (χ1n) is 7.97. The Morgan fingerprint density at radius 1 is 1.14 bits per heavy atom. The van der Waals surface area contributed by atoms with E-state index in [1.807, 2.05) is 0 Å². The first-order chi connectivity index (χ1) is 9.90. The summed E-state index contributed by atoms with van der Waals surface area (Å²) in [4.78, 5) is 2.55. The van der Waals surface area contributed by atoms with Crippen molar-refractivity contribution >= 4 is 24.8 Å². The maximum atomic E-state index is 5.76. The lowest BCUT2D eigenvalue weighted by Gasteiger charge is -2.33. The van der Waals surface area contributed by atoms with E-state index >= 15 is 0 Å². The lowest BCUT2D eigenvalue weighted by molar-refractivity contribution is 0.101. The van der Waals surface area contributed by atoms with Crippen LogP contribution >= 0.6 is 24.8 Å². The van der Waals surface area contributed by atoms with Crippen molar-refractivity contribution in [1.82, 2.24) is 10.2 Å². The van der Waals surface area contributed by atoms with Gasteiger partial charge in [0.1, 0.15) is 0 Å². The maximum Gasteiger partial charge on any atom is 0.0494 e. The number of rotatable bonds is 7. The summed E-state index contributed by atoms with van der Waals surface area (Å²) < 4.78 is 5.76. The first-order valence-corrected chi connectivity index (χ1v) is 7.97. The number of nitrogens with zero attached hydrogens (tertiary/aromatic N) is 1. The summed E-state index contributed by atoms with van der Waals surface area (Å²) in [6.45, 7) is 6.35. The van der Waals surface area contributed by atoms with E-state index in [2.05, 4.69) is 40.5 Å². The van der Waals surface area contributed by atoms with Gasteiger partial charge in [-0.2, -0.15) is 0 Å². The Bertz CT molecular complexity index is 401. The maximum absolute atomic E-state index is 5.76. The Labute approximate surface area is 146 Å².